The van der Waals surface area contributed by atoms with E-state index in [1.165, 1.54) is 10.4 Å². The second kappa shape index (κ2) is 9.64. The third-order valence-corrected chi connectivity index (χ3v) is 10.2. The van der Waals surface area contributed by atoms with Gasteiger partial charge in [-0.3, -0.25) is 4.79 Å². The molecule has 2 aromatic carbocycles. The van der Waals surface area contributed by atoms with Gasteiger partial charge in [0.05, 0.1) is 5.41 Å². The van der Waals surface area contributed by atoms with Gasteiger partial charge in [-0.2, -0.15) is 4.31 Å². The molecule has 0 unspecified atom stereocenters. The van der Waals surface area contributed by atoms with Crippen molar-refractivity contribution in [1.82, 2.24) is 9.62 Å². The number of halogens is 1. The Hall–Kier alpha value is -2.29. The maximum Gasteiger partial charge on any atom is 0.231 e. The second-order valence-corrected chi connectivity index (χ2v) is 12.2. The lowest BCUT2D eigenvalue weighted by Crippen LogP contribution is -2.48. The summed E-state index contributed by atoms with van der Waals surface area (Å²) in [4.78, 5) is 13.2. The van der Waals surface area contributed by atoms with Crippen LogP contribution in [0, 0.1) is 5.82 Å². The molecule has 1 amide bonds. The molecule has 0 bridgehead atoms. The SMILES string of the molecule is C[C@H]1CC[C@H](c2ccccc2)S(=O)(=O)N1Cc1ccc(C2(C(=O)NC3CC3)CCOCC2)cc1F. The van der Waals surface area contributed by atoms with Gasteiger partial charge in [-0.15, -0.1) is 0 Å². The van der Waals surface area contributed by atoms with E-state index in [4.69, 9.17) is 4.74 Å². The van der Waals surface area contributed by atoms with Gasteiger partial charge in [0.1, 0.15) is 11.1 Å². The largest absolute Gasteiger partial charge is 0.381 e. The predicted octanol–water partition coefficient (Wildman–Crippen LogP) is 4.21. The van der Waals surface area contributed by atoms with Crippen LogP contribution in [0.1, 0.15) is 67.4 Å². The minimum atomic E-state index is -3.66. The van der Waals surface area contributed by atoms with E-state index in [-0.39, 0.29) is 24.5 Å². The van der Waals surface area contributed by atoms with Gasteiger partial charge in [-0.1, -0.05) is 42.5 Å². The average molecular weight is 501 g/mol. The highest BCUT2D eigenvalue weighted by atomic mass is 32.2. The van der Waals surface area contributed by atoms with Crippen LogP contribution >= 0.6 is 0 Å². The Morgan fingerprint density at radius 2 is 1.80 bits per heavy atom. The average Bonchev–Trinajstić information content (AvgIpc) is 3.67. The van der Waals surface area contributed by atoms with Crippen molar-refractivity contribution in [3.63, 3.8) is 0 Å². The van der Waals surface area contributed by atoms with Gasteiger partial charge in [-0.25, -0.2) is 12.8 Å². The smallest absolute Gasteiger partial charge is 0.231 e. The van der Waals surface area contributed by atoms with Crippen LogP contribution in [0.25, 0.3) is 0 Å². The summed E-state index contributed by atoms with van der Waals surface area (Å²) in [7, 11) is -3.66. The van der Waals surface area contributed by atoms with Crippen LogP contribution in [-0.2, 0) is 31.5 Å². The molecule has 2 saturated heterocycles. The van der Waals surface area contributed by atoms with Crippen LogP contribution < -0.4 is 5.32 Å². The molecule has 1 saturated carbocycles. The highest BCUT2D eigenvalue weighted by Crippen LogP contribution is 2.40. The van der Waals surface area contributed by atoms with Crippen molar-refractivity contribution in [1.29, 1.82) is 0 Å². The molecule has 0 aromatic heterocycles. The second-order valence-electron chi connectivity index (χ2n) is 10.2. The molecule has 2 aliphatic heterocycles. The molecule has 3 fully saturated rings. The molecule has 2 heterocycles. The number of carbonyl (C=O) groups is 1. The van der Waals surface area contributed by atoms with E-state index < -0.39 is 26.5 Å². The van der Waals surface area contributed by atoms with E-state index in [2.05, 4.69) is 5.32 Å². The molecule has 6 nitrogen and oxygen atoms in total. The van der Waals surface area contributed by atoms with Gasteiger partial charge in [0, 0.05) is 37.4 Å². The van der Waals surface area contributed by atoms with Crippen LogP contribution in [-0.4, -0.2) is 43.9 Å². The summed E-state index contributed by atoms with van der Waals surface area (Å²) in [5.74, 6) is -0.537. The molecular weight excluding hydrogens is 467 g/mol. The molecule has 8 heteroatoms. The zero-order valence-electron chi connectivity index (χ0n) is 20.1. The molecule has 2 atom stereocenters. The standard InChI is InChI=1S/C27H33FN2O4S/c1-19-7-12-25(20-5-3-2-4-6-20)35(32,33)30(19)18-21-8-9-22(17-24(21)28)27(13-15-34-16-14-27)26(31)29-23-10-11-23/h2-6,8-9,17,19,23,25H,7,10-16,18H2,1H3,(H,29,31)/t19-,25+/m0/s1. The van der Waals surface area contributed by atoms with Crippen molar-refractivity contribution < 1.29 is 22.3 Å². The molecule has 188 valence electrons. The van der Waals surface area contributed by atoms with Crippen molar-refractivity contribution in [2.24, 2.45) is 0 Å². The number of sulfonamides is 1. The molecule has 0 radical (unpaired) electrons. The van der Waals surface area contributed by atoms with Gasteiger partial charge < -0.3 is 10.1 Å². The Bertz CT molecular complexity index is 1180. The molecule has 3 aliphatic rings. The lowest BCUT2D eigenvalue weighted by Gasteiger charge is -2.38. The number of hydrogen-bond donors (Lipinski definition) is 1. The van der Waals surface area contributed by atoms with E-state index in [1.807, 2.05) is 37.3 Å². The zero-order valence-corrected chi connectivity index (χ0v) is 20.9. The fourth-order valence-corrected chi connectivity index (χ4v) is 7.60. The molecule has 35 heavy (non-hydrogen) atoms. The van der Waals surface area contributed by atoms with Gasteiger partial charge in [0.25, 0.3) is 0 Å². The Kier molecular flexibility index (Phi) is 6.72. The van der Waals surface area contributed by atoms with E-state index in [0.717, 1.165) is 18.4 Å². The number of nitrogens with one attached hydrogen (secondary N) is 1. The summed E-state index contributed by atoms with van der Waals surface area (Å²) in [5.41, 5.74) is 0.909. The number of carbonyl (C=O) groups excluding carboxylic acids is 1. The number of benzene rings is 2. The van der Waals surface area contributed by atoms with Crippen LogP contribution in [0.5, 0.6) is 0 Å². The van der Waals surface area contributed by atoms with Gasteiger partial charge in [0.15, 0.2) is 0 Å². The van der Waals surface area contributed by atoms with Crippen LogP contribution in [0.3, 0.4) is 0 Å². The van der Waals surface area contributed by atoms with Crippen molar-refractivity contribution in [3.05, 3.63) is 71.0 Å². The number of hydrogen-bond acceptors (Lipinski definition) is 4. The first kappa shape index (κ1) is 24.4. The quantitative estimate of drug-likeness (QED) is 0.645. The number of nitrogens with zero attached hydrogens (tertiary/aromatic N) is 1. The maximum absolute atomic E-state index is 15.5. The van der Waals surface area contributed by atoms with Crippen molar-refractivity contribution in [3.8, 4) is 0 Å². The molecule has 2 aromatic rings. The molecule has 1 N–H and O–H groups in total. The first-order valence-electron chi connectivity index (χ1n) is 12.5. The molecule has 0 spiro atoms. The van der Waals surface area contributed by atoms with Gasteiger partial charge in [0.2, 0.25) is 15.9 Å². The first-order chi connectivity index (χ1) is 16.8. The Morgan fingerprint density at radius 3 is 2.46 bits per heavy atom. The third kappa shape index (κ3) is 4.76. The Morgan fingerprint density at radius 1 is 1.09 bits per heavy atom. The predicted molar refractivity (Wildman–Crippen MR) is 132 cm³/mol. The number of ether oxygens (including phenoxy) is 1. The van der Waals surface area contributed by atoms with E-state index in [9.17, 15) is 13.2 Å². The Labute approximate surface area is 206 Å². The lowest BCUT2D eigenvalue weighted by molar-refractivity contribution is -0.130. The summed E-state index contributed by atoms with van der Waals surface area (Å²) >= 11 is 0. The molecular formula is C27H33FN2O4S. The van der Waals surface area contributed by atoms with Gasteiger partial charge in [-0.05, 0) is 62.6 Å². The summed E-state index contributed by atoms with van der Waals surface area (Å²) in [5, 5.41) is 2.47. The molecule has 5 rings (SSSR count). The van der Waals surface area contributed by atoms with Gasteiger partial charge >= 0.3 is 0 Å². The monoisotopic (exact) mass is 500 g/mol. The van der Waals surface area contributed by atoms with E-state index in [1.54, 1.807) is 12.1 Å². The lowest BCUT2D eigenvalue weighted by atomic mass is 9.73. The highest BCUT2D eigenvalue weighted by molar-refractivity contribution is 7.89. The number of rotatable bonds is 6. The normalized spacial score (nSPS) is 26.2. The highest BCUT2D eigenvalue weighted by Gasteiger charge is 2.44. The van der Waals surface area contributed by atoms with Crippen molar-refractivity contribution in [2.75, 3.05) is 13.2 Å². The minimum Gasteiger partial charge on any atom is -0.381 e. The van der Waals surface area contributed by atoms with Crippen molar-refractivity contribution >= 4 is 15.9 Å². The summed E-state index contributed by atoms with van der Waals surface area (Å²) in [6.45, 7) is 2.76. The van der Waals surface area contributed by atoms with Crippen LogP contribution in [0.15, 0.2) is 48.5 Å². The number of amides is 1. The van der Waals surface area contributed by atoms with Crippen LogP contribution in [0.2, 0.25) is 0 Å². The Balaban J connectivity index is 1.41. The maximum atomic E-state index is 15.5. The first-order valence-corrected chi connectivity index (χ1v) is 14.0. The minimum absolute atomic E-state index is 0.0245. The third-order valence-electron chi connectivity index (χ3n) is 7.82. The fraction of sp³-hybridized carbons (Fsp3) is 0.519. The van der Waals surface area contributed by atoms with E-state index in [0.29, 0.717) is 50.0 Å². The summed E-state index contributed by atoms with van der Waals surface area (Å²) in [6.07, 6.45) is 4.23. The summed E-state index contributed by atoms with van der Waals surface area (Å²) in [6, 6.07) is 14.1. The topological polar surface area (TPSA) is 75.7 Å². The zero-order chi connectivity index (χ0) is 24.6. The van der Waals surface area contributed by atoms with Crippen molar-refractivity contribution in [2.45, 2.75) is 74.7 Å². The van der Waals surface area contributed by atoms with Crippen LogP contribution in [0.4, 0.5) is 4.39 Å². The van der Waals surface area contributed by atoms with E-state index >= 15 is 4.39 Å². The molecule has 1 aliphatic carbocycles. The summed E-state index contributed by atoms with van der Waals surface area (Å²) < 4.78 is 49.5. The fourth-order valence-electron chi connectivity index (χ4n) is 5.41.